The highest BCUT2D eigenvalue weighted by molar-refractivity contribution is 9.10. The normalized spacial score (nSPS) is 11.4. The van der Waals surface area contributed by atoms with Gasteiger partial charge in [-0.3, -0.25) is 0 Å². The zero-order valence-corrected chi connectivity index (χ0v) is 16.7. The predicted molar refractivity (Wildman–Crippen MR) is 103 cm³/mol. The van der Waals surface area contributed by atoms with Crippen LogP contribution in [0.1, 0.15) is 37.5 Å². The highest BCUT2D eigenvalue weighted by Gasteiger charge is 2.14. The maximum absolute atomic E-state index is 5.97. The minimum Gasteiger partial charge on any atom is -0.493 e. The molecule has 0 aliphatic rings. The van der Waals surface area contributed by atoms with Gasteiger partial charge in [0.05, 0.1) is 7.11 Å². The molecule has 0 fully saturated rings. The molecule has 0 saturated carbocycles. The molecule has 0 spiro atoms. The summed E-state index contributed by atoms with van der Waals surface area (Å²) in [5.41, 5.74) is 3.58. The third-order valence-corrected chi connectivity index (χ3v) is 4.36. The Bertz CT molecular complexity index is 693. The average molecular weight is 392 g/mol. The van der Waals surface area contributed by atoms with Gasteiger partial charge in [0.1, 0.15) is 6.61 Å². The van der Waals surface area contributed by atoms with E-state index in [0.717, 1.165) is 33.6 Å². The maximum atomic E-state index is 5.97. The molecule has 4 heteroatoms. The van der Waals surface area contributed by atoms with E-state index < -0.39 is 0 Å². The molecule has 0 aliphatic carbocycles. The summed E-state index contributed by atoms with van der Waals surface area (Å²) in [4.78, 5) is 0. The number of ether oxygens (including phenoxy) is 2. The van der Waals surface area contributed by atoms with Gasteiger partial charge in [-0.25, -0.2) is 0 Å². The summed E-state index contributed by atoms with van der Waals surface area (Å²) >= 11 is 3.64. The van der Waals surface area contributed by atoms with Crippen LogP contribution in [0.25, 0.3) is 0 Å². The second kappa shape index (κ2) is 8.04. The van der Waals surface area contributed by atoms with Gasteiger partial charge in [0.15, 0.2) is 11.5 Å². The second-order valence-corrected chi connectivity index (χ2v) is 7.83. The van der Waals surface area contributed by atoms with Gasteiger partial charge < -0.3 is 14.8 Å². The van der Waals surface area contributed by atoms with Crippen molar-refractivity contribution in [2.24, 2.45) is 0 Å². The molecular weight excluding hydrogens is 366 g/mol. The van der Waals surface area contributed by atoms with E-state index in [2.05, 4.69) is 67.1 Å². The van der Waals surface area contributed by atoms with Crippen molar-refractivity contribution in [3.05, 3.63) is 57.6 Å². The first-order valence-corrected chi connectivity index (χ1v) is 8.87. The first-order chi connectivity index (χ1) is 11.3. The summed E-state index contributed by atoms with van der Waals surface area (Å²) in [6, 6.07) is 12.3. The van der Waals surface area contributed by atoms with Crippen LogP contribution in [-0.4, -0.2) is 12.6 Å². The highest BCUT2D eigenvalue weighted by atomic mass is 79.9. The van der Waals surface area contributed by atoms with Gasteiger partial charge in [-0.2, -0.15) is 0 Å². The van der Waals surface area contributed by atoms with Crippen molar-refractivity contribution in [1.29, 1.82) is 0 Å². The van der Waals surface area contributed by atoms with Crippen LogP contribution in [0.4, 0.5) is 0 Å². The molecule has 0 unspecified atom stereocenters. The van der Waals surface area contributed by atoms with Crippen LogP contribution < -0.4 is 14.8 Å². The van der Waals surface area contributed by atoms with E-state index in [0.29, 0.717) is 6.61 Å². The minimum absolute atomic E-state index is 0.0625. The van der Waals surface area contributed by atoms with E-state index in [1.54, 1.807) is 7.11 Å². The van der Waals surface area contributed by atoms with Crippen LogP contribution in [0.2, 0.25) is 0 Å². The first kappa shape index (κ1) is 18.8. The van der Waals surface area contributed by atoms with E-state index in [4.69, 9.17) is 9.47 Å². The number of rotatable bonds is 6. The van der Waals surface area contributed by atoms with Crippen molar-refractivity contribution < 1.29 is 9.47 Å². The molecule has 0 amide bonds. The Labute approximate surface area is 153 Å². The van der Waals surface area contributed by atoms with E-state index in [-0.39, 0.29) is 5.54 Å². The van der Waals surface area contributed by atoms with Crippen molar-refractivity contribution in [2.45, 2.75) is 46.4 Å². The van der Waals surface area contributed by atoms with Gasteiger partial charge in [-0.1, -0.05) is 45.8 Å². The van der Waals surface area contributed by atoms with Crippen LogP contribution in [0, 0.1) is 6.92 Å². The van der Waals surface area contributed by atoms with Gasteiger partial charge >= 0.3 is 0 Å². The lowest BCUT2D eigenvalue weighted by molar-refractivity contribution is 0.284. The molecule has 0 saturated heterocycles. The lowest BCUT2D eigenvalue weighted by atomic mass is 10.1. The Hall–Kier alpha value is -1.52. The number of hydrogen-bond donors (Lipinski definition) is 1. The summed E-state index contributed by atoms with van der Waals surface area (Å²) in [6.45, 7) is 9.81. The minimum atomic E-state index is 0.0625. The van der Waals surface area contributed by atoms with Crippen LogP contribution in [0.5, 0.6) is 11.5 Å². The number of aryl methyl sites for hydroxylation is 1. The number of methoxy groups -OCH3 is 1. The molecule has 0 radical (unpaired) electrons. The summed E-state index contributed by atoms with van der Waals surface area (Å²) in [5, 5.41) is 3.49. The van der Waals surface area contributed by atoms with Gasteiger partial charge in [0.2, 0.25) is 0 Å². The predicted octanol–water partition coefficient (Wildman–Crippen LogP) is 5.23. The third-order valence-electron chi connectivity index (χ3n) is 3.62. The van der Waals surface area contributed by atoms with Crippen LogP contribution in [0.15, 0.2) is 40.9 Å². The molecule has 0 heterocycles. The molecule has 1 N–H and O–H groups in total. The van der Waals surface area contributed by atoms with Gasteiger partial charge in [-0.15, -0.1) is 0 Å². The molecule has 0 aromatic heterocycles. The smallest absolute Gasteiger partial charge is 0.162 e. The van der Waals surface area contributed by atoms with Crippen molar-refractivity contribution in [2.75, 3.05) is 7.11 Å². The van der Waals surface area contributed by atoms with E-state index in [1.807, 2.05) is 18.2 Å². The summed E-state index contributed by atoms with van der Waals surface area (Å²) < 4.78 is 12.5. The third kappa shape index (κ3) is 5.53. The summed E-state index contributed by atoms with van der Waals surface area (Å²) in [5.74, 6) is 1.49. The largest absolute Gasteiger partial charge is 0.493 e. The standard InChI is InChI=1S/C20H26BrNO2/c1-14-7-6-8-15(9-14)13-24-19-11-17(21)16(10-18(19)23-5)12-22-20(2,3)4/h6-11,22H,12-13H2,1-5H3. The molecule has 24 heavy (non-hydrogen) atoms. The van der Waals surface area contributed by atoms with Crippen molar-refractivity contribution in [3.8, 4) is 11.5 Å². The zero-order chi connectivity index (χ0) is 17.7. The molecule has 0 bridgehead atoms. The quantitative estimate of drug-likeness (QED) is 0.730. The molecule has 0 atom stereocenters. The maximum Gasteiger partial charge on any atom is 0.162 e. The Kier molecular flexibility index (Phi) is 6.30. The fraction of sp³-hybridized carbons (Fsp3) is 0.400. The molecule has 2 aromatic rings. The van der Waals surface area contributed by atoms with Gasteiger partial charge in [0.25, 0.3) is 0 Å². The fourth-order valence-electron chi connectivity index (χ4n) is 2.31. The summed E-state index contributed by atoms with van der Waals surface area (Å²) in [7, 11) is 1.67. The topological polar surface area (TPSA) is 30.5 Å². The Morgan fingerprint density at radius 1 is 1.08 bits per heavy atom. The van der Waals surface area contributed by atoms with Crippen LogP contribution in [-0.2, 0) is 13.2 Å². The Morgan fingerprint density at radius 2 is 1.83 bits per heavy atom. The fourth-order valence-corrected chi connectivity index (χ4v) is 2.77. The second-order valence-electron chi connectivity index (χ2n) is 6.98. The number of hydrogen-bond acceptors (Lipinski definition) is 3. The molecule has 130 valence electrons. The van der Waals surface area contributed by atoms with E-state index in [9.17, 15) is 0 Å². The molecule has 3 nitrogen and oxygen atoms in total. The van der Waals surface area contributed by atoms with E-state index in [1.165, 1.54) is 5.56 Å². The van der Waals surface area contributed by atoms with Crippen molar-refractivity contribution in [1.82, 2.24) is 5.32 Å². The lowest BCUT2D eigenvalue weighted by Crippen LogP contribution is -2.35. The van der Waals surface area contributed by atoms with Crippen LogP contribution in [0.3, 0.4) is 0 Å². The van der Waals surface area contributed by atoms with E-state index >= 15 is 0 Å². The SMILES string of the molecule is COc1cc(CNC(C)(C)C)c(Br)cc1OCc1cccc(C)c1. The van der Waals surface area contributed by atoms with Crippen molar-refractivity contribution in [3.63, 3.8) is 0 Å². The first-order valence-electron chi connectivity index (χ1n) is 8.08. The average Bonchev–Trinajstić information content (AvgIpc) is 2.51. The Morgan fingerprint density at radius 3 is 2.46 bits per heavy atom. The zero-order valence-electron chi connectivity index (χ0n) is 15.1. The molecule has 2 rings (SSSR count). The summed E-state index contributed by atoms with van der Waals surface area (Å²) in [6.07, 6.45) is 0. The van der Waals surface area contributed by atoms with Crippen LogP contribution >= 0.6 is 15.9 Å². The molecular formula is C20H26BrNO2. The molecule has 0 aliphatic heterocycles. The van der Waals surface area contributed by atoms with Crippen molar-refractivity contribution >= 4 is 15.9 Å². The van der Waals surface area contributed by atoms with Gasteiger partial charge in [-0.05, 0) is 51.0 Å². The van der Waals surface area contributed by atoms with Gasteiger partial charge in [0, 0.05) is 16.6 Å². The monoisotopic (exact) mass is 391 g/mol. The lowest BCUT2D eigenvalue weighted by Gasteiger charge is -2.22. The number of benzene rings is 2. The highest BCUT2D eigenvalue weighted by Crippen LogP contribution is 2.34. The Balaban J connectivity index is 2.14. The molecule has 2 aromatic carbocycles. The number of halogens is 1. The number of nitrogens with one attached hydrogen (secondary N) is 1.